The van der Waals surface area contributed by atoms with E-state index in [0.717, 1.165) is 56.0 Å². The van der Waals surface area contributed by atoms with E-state index in [1.54, 1.807) is 0 Å². The Hall–Kier alpha value is -6.26. The Morgan fingerprint density at radius 1 is 0.375 bits per heavy atom. The molecule has 2 unspecified atom stereocenters. The largest absolute Gasteiger partial charge is 0.355 e. The number of hydrogen-bond acceptors (Lipinski definition) is 2. The lowest BCUT2D eigenvalue weighted by molar-refractivity contribution is 0.835. The van der Waals surface area contributed by atoms with Crippen molar-refractivity contribution in [2.24, 2.45) is 0 Å². The summed E-state index contributed by atoms with van der Waals surface area (Å²) in [6.45, 7) is 0. The molecule has 0 radical (unpaired) electrons. The van der Waals surface area contributed by atoms with Gasteiger partial charge in [0, 0.05) is 45.0 Å². The fraction of sp³-hybridized carbons (Fsp3) is 0.0455. The van der Waals surface area contributed by atoms with Gasteiger partial charge in [0.25, 0.3) is 0 Å². The summed E-state index contributed by atoms with van der Waals surface area (Å²) in [5.74, 6) is 0.233. The monoisotopic (exact) mass is 612 g/mol. The lowest BCUT2D eigenvalue weighted by atomic mass is 9.84. The first-order chi connectivity index (χ1) is 23.7. The Morgan fingerprint density at radius 3 is 1.40 bits per heavy atom. The molecule has 11 rings (SSSR count). The topological polar surface area (TPSA) is 57.4 Å². The lowest BCUT2D eigenvalue weighted by Gasteiger charge is -2.17. The van der Waals surface area contributed by atoms with Gasteiger partial charge in [0.2, 0.25) is 0 Å². The van der Waals surface area contributed by atoms with Gasteiger partial charge in [0.1, 0.15) is 0 Å². The Bertz CT molecular complexity index is 2980. The molecule has 0 saturated carbocycles. The summed E-state index contributed by atoms with van der Waals surface area (Å²) in [4.78, 5) is 17.9. The van der Waals surface area contributed by atoms with E-state index in [1.807, 2.05) is 0 Å². The van der Waals surface area contributed by atoms with Crippen molar-refractivity contribution in [3.05, 3.63) is 155 Å². The highest BCUT2D eigenvalue weighted by Gasteiger charge is 2.31. The SMILES string of the molecule is C1=c2cc3ccccc3cc2=CC2c3cc4ccc(cc5ccc(cc6nc(cc(n3)C12)-c1cc2cc3ccccc3cc2cc1-6)[nH]5)[nH]4. The second kappa shape index (κ2) is 9.63. The number of H-pyrrole nitrogens is 2. The lowest BCUT2D eigenvalue weighted by Crippen LogP contribution is -2.30. The molecule has 4 heteroatoms. The van der Waals surface area contributed by atoms with Crippen LogP contribution in [0.3, 0.4) is 0 Å². The zero-order valence-corrected chi connectivity index (χ0v) is 25.9. The molecule has 2 N–H and O–H groups in total. The van der Waals surface area contributed by atoms with E-state index in [-0.39, 0.29) is 11.8 Å². The predicted molar refractivity (Wildman–Crippen MR) is 198 cm³/mol. The Balaban J connectivity index is 1.22. The number of fused-ring (bicyclic) bond motifs is 18. The van der Waals surface area contributed by atoms with Crippen LogP contribution >= 0.6 is 0 Å². The maximum absolute atomic E-state index is 5.38. The number of nitrogens with one attached hydrogen (secondary N) is 2. The number of aromatic nitrogens is 4. The molecule has 0 fully saturated rings. The molecular formula is C44H28N4. The van der Waals surface area contributed by atoms with Crippen molar-refractivity contribution in [3.63, 3.8) is 0 Å². The van der Waals surface area contributed by atoms with Crippen molar-refractivity contribution in [3.8, 4) is 22.5 Å². The van der Waals surface area contributed by atoms with Crippen LogP contribution in [0, 0.1) is 0 Å². The molecule has 8 bridgehead atoms. The van der Waals surface area contributed by atoms with E-state index in [1.165, 1.54) is 42.8 Å². The average Bonchev–Trinajstić information content (AvgIpc) is 3.89. The van der Waals surface area contributed by atoms with Crippen LogP contribution in [0.1, 0.15) is 23.2 Å². The summed E-state index contributed by atoms with van der Waals surface area (Å²) < 4.78 is 0. The van der Waals surface area contributed by atoms with Crippen LogP contribution in [0.5, 0.6) is 0 Å². The fourth-order valence-electron chi connectivity index (χ4n) is 7.95. The number of aromatic amines is 2. The minimum Gasteiger partial charge on any atom is -0.355 e. The van der Waals surface area contributed by atoms with Crippen molar-refractivity contribution in [1.82, 2.24) is 19.9 Å². The van der Waals surface area contributed by atoms with Crippen LogP contribution in [0.15, 0.2) is 133 Å². The number of benzene rings is 5. The fourth-order valence-corrected chi connectivity index (χ4v) is 7.95. The van der Waals surface area contributed by atoms with Crippen molar-refractivity contribution >= 4 is 66.5 Å². The van der Waals surface area contributed by atoms with E-state index in [4.69, 9.17) is 9.97 Å². The molecule has 2 atom stereocenters. The highest BCUT2D eigenvalue weighted by atomic mass is 14.8. The molecule has 224 valence electrons. The normalized spacial score (nSPS) is 16.2. The molecular weight excluding hydrogens is 585 g/mol. The highest BCUT2D eigenvalue weighted by molar-refractivity contribution is 6.04. The summed E-state index contributed by atoms with van der Waals surface area (Å²) in [5.41, 5.74) is 10.4. The summed E-state index contributed by atoms with van der Waals surface area (Å²) in [6, 6.07) is 48.3. The van der Waals surface area contributed by atoms with E-state index in [0.29, 0.717) is 0 Å². The maximum Gasteiger partial charge on any atom is 0.0737 e. The number of rotatable bonds is 0. The predicted octanol–water partition coefficient (Wildman–Crippen LogP) is 9.25. The van der Waals surface area contributed by atoms with Gasteiger partial charge >= 0.3 is 0 Å². The Kier molecular flexibility index (Phi) is 5.19. The van der Waals surface area contributed by atoms with Crippen LogP contribution in [0.4, 0.5) is 0 Å². The second-order valence-electron chi connectivity index (χ2n) is 13.3. The van der Waals surface area contributed by atoms with E-state index >= 15 is 0 Å². The molecule has 2 aliphatic heterocycles. The van der Waals surface area contributed by atoms with E-state index < -0.39 is 0 Å². The zero-order valence-electron chi connectivity index (χ0n) is 25.9. The van der Waals surface area contributed by atoms with Gasteiger partial charge < -0.3 is 9.97 Å². The van der Waals surface area contributed by atoms with Crippen molar-refractivity contribution in [1.29, 1.82) is 0 Å². The second-order valence-corrected chi connectivity index (χ2v) is 13.3. The Morgan fingerprint density at radius 2 is 0.833 bits per heavy atom. The average molecular weight is 613 g/mol. The molecule has 0 spiro atoms. The van der Waals surface area contributed by atoms with Crippen LogP contribution in [0.2, 0.25) is 0 Å². The summed E-state index contributed by atoms with van der Waals surface area (Å²) in [5, 5.41) is 9.95. The molecule has 3 aliphatic rings. The van der Waals surface area contributed by atoms with Gasteiger partial charge in [0.15, 0.2) is 0 Å². The van der Waals surface area contributed by atoms with Crippen molar-refractivity contribution < 1.29 is 0 Å². The first kappa shape index (κ1) is 25.9. The molecule has 1 aliphatic carbocycles. The quantitative estimate of drug-likeness (QED) is 0.168. The van der Waals surface area contributed by atoms with E-state index in [9.17, 15) is 0 Å². The molecule has 4 nitrogen and oxygen atoms in total. The minimum absolute atomic E-state index is 0.107. The highest BCUT2D eigenvalue weighted by Crippen LogP contribution is 2.43. The van der Waals surface area contributed by atoms with Gasteiger partial charge in [-0.3, -0.25) is 4.98 Å². The Labute approximate surface area is 275 Å². The third-order valence-corrected chi connectivity index (χ3v) is 10.3. The van der Waals surface area contributed by atoms with Gasteiger partial charge in [-0.1, -0.05) is 60.7 Å². The van der Waals surface area contributed by atoms with Gasteiger partial charge in [-0.2, -0.15) is 0 Å². The van der Waals surface area contributed by atoms with Gasteiger partial charge in [0.05, 0.1) is 22.8 Å². The van der Waals surface area contributed by atoms with Gasteiger partial charge in [-0.15, -0.1) is 0 Å². The van der Waals surface area contributed by atoms with Crippen LogP contribution in [-0.4, -0.2) is 19.9 Å². The van der Waals surface area contributed by atoms with E-state index in [2.05, 4.69) is 156 Å². The minimum atomic E-state index is 0.107. The smallest absolute Gasteiger partial charge is 0.0737 e. The number of nitrogens with zero attached hydrogens (tertiary/aromatic N) is 2. The summed E-state index contributed by atoms with van der Waals surface area (Å²) >= 11 is 0. The van der Waals surface area contributed by atoms with Crippen molar-refractivity contribution in [2.45, 2.75) is 11.8 Å². The molecule has 0 amide bonds. The first-order valence-corrected chi connectivity index (χ1v) is 16.5. The van der Waals surface area contributed by atoms with Crippen molar-refractivity contribution in [2.75, 3.05) is 0 Å². The zero-order chi connectivity index (χ0) is 31.3. The molecule has 8 aromatic rings. The maximum atomic E-state index is 5.38. The van der Waals surface area contributed by atoms with Crippen LogP contribution in [-0.2, 0) is 0 Å². The van der Waals surface area contributed by atoms with Crippen LogP contribution in [0.25, 0.3) is 89.1 Å². The van der Waals surface area contributed by atoms with Gasteiger partial charge in [-0.05, 0) is 128 Å². The standard InChI is InChI=1S/C44H28N4/c1-3-7-27-15-31-19-39-37(17-29(31)13-25(27)5-1)41-22-35-11-9-33(45-35)21-34-10-12-36(46-34)23-42-38-18-30-14-26-6-2-4-8-28(26)16-32(30)20-40(38)44(48-42)24-43(39)47-41/h1-24,37,39,45-46H. The first-order valence-electron chi connectivity index (χ1n) is 16.5. The third-order valence-electron chi connectivity index (χ3n) is 10.3. The van der Waals surface area contributed by atoms with Gasteiger partial charge in [-0.25, -0.2) is 4.98 Å². The number of hydrogen-bond donors (Lipinski definition) is 2. The molecule has 0 saturated heterocycles. The molecule has 3 aromatic heterocycles. The van der Waals surface area contributed by atoms with Crippen LogP contribution < -0.4 is 10.4 Å². The molecule has 5 aromatic carbocycles. The molecule has 48 heavy (non-hydrogen) atoms. The molecule has 5 heterocycles. The third kappa shape index (κ3) is 4.02. The summed E-state index contributed by atoms with van der Waals surface area (Å²) in [7, 11) is 0. The summed E-state index contributed by atoms with van der Waals surface area (Å²) in [6.07, 6.45) is 4.84.